The second kappa shape index (κ2) is 8.88. The van der Waals surface area contributed by atoms with E-state index in [1.165, 1.54) is 0 Å². The number of rotatable bonds is 5. The summed E-state index contributed by atoms with van der Waals surface area (Å²) in [6.07, 6.45) is 0. The topological polar surface area (TPSA) is 82.6 Å². The Bertz CT molecular complexity index is 810. The molecule has 1 saturated heterocycles. The van der Waals surface area contributed by atoms with Crippen LogP contribution in [0.3, 0.4) is 0 Å². The molecule has 1 aromatic heterocycles. The van der Waals surface area contributed by atoms with E-state index in [-0.39, 0.29) is 6.03 Å². The van der Waals surface area contributed by atoms with Gasteiger partial charge in [0.2, 0.25) is 5.95 Å². The van der Waals surface area contributed by atoms with Gasteiger partial charge in [-0.3, -0.25) is 0 Å². The molecule has 28 heavy (non-hydrogen) atoms. The molecule has 0 spiro atoms. The molecule has 1 aliphatic heterocycles. The number of nitrogens with zero attached hydrogens (tertiary/aromatic N) is 4. The number of aromatic nitrogens is 2. The average Bonchev–Trinajstić information content (AvgIpc) is 2.67. The number of nitrogens with one attached hydrogen (secondary N) is 2. The van der Waals surface area contributed by atoms with Crippen LogP contribution >= 0.6 is 0 Å². The Balaban J connectivity index is 1.71. The third-order valence-corrected chi connectivity index (χ3v) is 4.72. The Hall–Kier alpha value is -2.87. The molecule has 1 aliphatic rings. The predicted molar refractivity (Wildman–Crippen MR) is 111 cm³/mol. The number of urea groups is 1. The molecule has 2 N–H and O–H groups in total. The number of likely N-dealkylation sites (N-methyl/N-ethyl adjacent to an activating group) is 1. The molecule has 2 aromatic rings. The lowest BCUT2D eigenvalue weighted by atomic mass is 10.2. The van der Waals surface area contributed by atoms with Crippen molar-refractivity contribution in [2.24, 2.45) is 0 Å². The van der Waals surface area contributed by atoms with Crippen LogP contribution in [0.1, 0.15) is 18.3 Å². The van der Waals surface area contributed by atoms with Crippen molar-refractivity contribution < 1.29 is 9.53 Å². The summed E-state index contributed by atoms with van der Waals surface area (Å²) >= 11 is 0. The number of hydrogen-bond acceptors (Lipinski definition) is 6. The summed E-state index contributed by atoms with van der Waals surface area (Å²) in [5, 5.41) is 5.71. The Morgan fingerprint density at radius 1 is 1.07 bits per heavy atom. The molecule has 0 saturated carbocycles. The third kappa shape index (κ3) is 4.69. The van der Waals surface area contributed by atoms with Gasteiger partial charge >= 0.3 is 6.03 Å². The molecule has 0 radical (unpaired) electrons. The largest absolute Gasteiger partial charge is 0.492 e. The molecule has 0 atom stereocenters. The number of hydrogen-bond donors (Lipinski definition) is 2. The first kappa shape index (κ1) is 19.9. The van der Waals surface area contributed by atoms with Crippen LogP contribution in [0.4, 0.5) is 22.1 Å². The van der Waals surface area contributed by atoms with Gasteiger partial charge in [0, 0.05) is 26.2 Å². The average molecular weight is 384 g/mol. The number of carbonyl (C=O) groups excluding carboxylic acids is 1. The number of aryl methyl sites for hydroxylation is 2. The van der Waals surface area contributed by atoms with E-state index in [4.69, 9.17) is 4.74 Å². The minimum atomic E-state index is -0.352. The van der Waals surface area contributed by atoms with Crippen LogP contribution in [0.2, 0.25) is 0 Å². The third-order valence-electron chi connectivity index (χ3n) is 4.72. The van der Waals surface area contributed by atoms with E-state index in [2.05, 4.69) is 37.4 Å². The summed E-state index contributed by atoms with van der Waals surface area (Å²) in [4.78, 5) is 26.2. The first-order chi connectivity index (χ1) is 13.5. The van der Waals surface area contributed by atoms with Crippen molar-refractivity contribution in [2.45, 2.75) is 20.8 Å². The van der Waals surface area contributed by atoms with E-state index in [1.54, 1.807) is 6.07 Å². The van der Waals surface area contributed by atoms with E-state index < -0.39 is 0 Å². The summed E-state index contributed by atoms with van der Waals surface area (Å²) in [5.74, 6) is 1.35. The normalized spacial score (nSPS) is 14.6. The van der Waals surface area contributed by atoms with Gasteiger partial charge in [-0.25, -0.2) is 14.8 Å². The van der Waals surface area contributed by atoms with E-state index >= 15 is 0 Å². The lowest BCUT2D eigenvalue weighted by molar-refractivity contribution is 0.262. The van der Waals surface area contributed by atoms with Crippen molar-refractivity contribution in [3.8, 4) is 5.75 Å². The first-order valence-electron chi connectivity index (χ1n) is 9.56. The van der Waals surface area contributed by atoms with Crippen molar-refractivity contribution in [2.75, 3.05) is 55.4 Å². The number of carbonyl (C=O) groups is 1. The SMILES string of the molecule is CCOc1ccccc1NC(=O)Nc1c(C)nc(N2CCN(C)CC2)nc1C. The fraction of sp³-hybridized carbons (Fsp3) is 0.450. The van der Waals surface area contributed by atoms with Gasteiger partial charge in [0.25, 0.3) is 0 Å². The van der Waals surface area contributed by atoms with Crippen LogP contribution in [0.15, 0.2) is 24.3 Å². The zero-order chi connectivity index (χ0) is 20.1. The van der Waals surface area contributed by atoms with E-state index in [0.29, 0.717) is 23.7 Å². The second-order valence-electron chi connectivity index (χ2n) is 6.87. The molecular weight excluding hydrogens is 356 g/mol. The maximum atomic E-state index is 12.5. The number of amides is 2. The smallest absolute Gasteiger partial charge is 0.323 e. The molecular formula is C20H28N6O2. The van der Waals surface area contributed by atoms with Gasteiger partial charge in [0.05, 0.1) is 29.4 Å². The van der Waals surface area contributed by atoms with Crippen LogP contribution in [0.25, 0.3) is 0 Å². The highest BCUT2D eigenvalue weighted by Crippen LogP contribution is 2.25. The molecule has 0 aliphatic carbocycles. The highest BCUT2D eigenvalue weighted by Gasteiger charge is 2.19. The van der Waals surface area contributed by atoms with Crippen LogP contribution in [-0.4, -0.2) is 60.7 Å². The van der Waals surface area contributed by atoms with Gasteiger partial charge in [-0.15, -0.1) is 0 Å². The number of piperazine rings is 1. The molecule has 0 unspecified atom stereocenters. The standard InChI is InChI=1S/C20H28N6O2/c1-5-28-17-9-7-6-8-16(17)23-20(27)24-18-14(2)21-19(22-15(18)3)26-12-10-25(4)11-13-26/h6-9H,5,10-13H2,1-4H3,(H2,23,24,27). The Kier molecular flexibility index (Phi) is 6.30. The van der Waals surface area contributed by atoms with Crippen LogP contribution < -0.4 is 20.3 Å². The van der Waals surface area contributed by atoms with Gasteiger partial charge in [-0.2, -0.15) is 0 Å². The summed E-state index contributed by atoms with van der Waals surface area (Å²) in [6, 6.07) is 6.99. The first-order valence-corrected chi connectivity index (χ1v) is 9.56. The number of anilines is 3. The number of benzene rings is 1. The fourth-order valence-electron chi connectivity index (χ4n) is 3.15. The van der Waals surface area contributed by atoms with Crippen LogP contribution in [-0.2, 0) is 0 Å². The molecule has 8 heteroatoms. The second-order valence-corrected chi connectivity index (χ2v) is 6.87. The summed E-state index contributed by atoms with van der Waals surface area (Å²) in [5.41, 5.74) is 2.74. The fourth-order valence-corrected chi connectivity index (χ4v) is 3.15. The lowest BCUT2D eigenvalue weighted by Crippen LogP contribution is -2.45. The molecule has 1 aromatic carbocycles. The summed E-state index contributed by atoms with van der Waals surface area (Å²) in [6.45, 7) is 9.99. The van der Waals surface area contributed by atoms with E-state index in [0.717, 1.165) is 43.5 Å². The minimum absolute atomic E-state index is 0.352. The monoisotopic (exact) mass is 384 g/mol. The van der Waals surface area contributed by atoms with Gasteiger partial charge < -0.3 is 25.2 Å². The number of ether oxygens (including phenoxy) is 1. The van der Waals surface area contributed by atoms with Crippen molar-refractivity contribution >= 4 is 23.4 Å². The van der Waals surface area contributed by atoms with Gasteiger partial charge in [0.15, 0.2) is 0 Å². The molecule has 2 amide bonds. The van der Waals surface area contributed by atoms with E-state index in [9.17, 15) is 4.79 Å². The highest BCUT2D eigenvalue weighted by molar-refractivity contribution is 6.01. The molecule has 1 fully saturated rings. The van der Waals surface area contributed by atoms with Crippen molar-refractivity contribution in [3.05, 3.63) is 35.7 Å². The maximum Gasteiger partial charge on any atom is 0.323 e. The Morgan fingerprint density at radius 3 is 2.36 bits per heavy atom. The minimum Gasteiger partial charge on any atom is -0.492 e. The zero-order valence-corrected chi connectivity index (χ0v) is 17.0. The molecule has 0 bridgehead atoms. The molecule has 8 nitrogen and oxygen atoms in total. The van der Waals surface area contributed by atoms with Crippen molar-refractivity contribution in [3.63, 3.8) is 0 Å². The molecule has 150 valence electrons. The lowest BCUT2D eigenvalue weighted by Gasteiger charge is -2.32. The molecule has 2 heterocycles. The predicted octanol–water partition coefficient (Wildman–Crippen LogP) is 2.89. The summed E-state index contributed by atoms with van der Waals surface area (Å²) < 4.78 is 5.55. The highest BCUT2D eigenvalue weighted by atomic mass is 16.5. The molecule has 3 rings (SSSR count). The van der Waals surface area contributed by atoms with E-state index in [1.807, 2.05) is 39.0 Å². The summed E-state index contributed by atoms with van der Waals surface area (Å²) in [7, 11) is 2.12. The Morgan fingerprint density at radius 2 is 1.71 bits per heavy atom. The number of para-hydroxylation sites is 2. The van der Waals surface area contributed by atoms with Gasteiger partial charge in [-0.1, -0.05) is 12.1 Å². The quantitative estimate of drug-likeness (QED) is 0.825. The maximum absolute atomic E-state index is 12.5. The van der Waals surface area contributed by atoms with Crippen LogP contribution in [0.5, 0.6) is 5.75 Å². The Labute approximate surface area is 165 Å². The van der Waals surface area contributed by atoms with Crippen molar-refractivity contribution in [1.29, 1.82) is 0 Å². The van der Waals surface area contributed by atoms with Gasteiger partial charge in [0.1, 0.15) is 5.75 Å². The van der Waals surface area contributed by atoms with Crippen molar-refractivity contribution in [1.82, 2.24) is 14.9 Å². The zero-order valence-electron chi connectivity index (χ0n) is 17.0. The van der Waals surface area contributed by atoms with Crippen LogP contribution in [0, 0.1) is 13.8 Å². The van der Waals surface area contributed by atoms with Gasteiger partial charge in [-0.05, 0) is 40.0 Å².